The van der Waals surface area contributed by atoms with Crippen LogP contribution in [0.1, 0.15) is 5.82 Å². The van der Waals surface area contributed by atoms with Crippen molar-refractivity contribution in [3.8, 4) is 11.6 Å². The maximum atomic E-state index is 5.00. The lowest BCUT2D eigenvalue weighted by Gasteiger charge is -1.94. The van der Waals surface area contributed by atoms with E-state index in [-0.39, 0.29) is 0 Å². The zero-order valence-corrected chi connectivity index (χ0v) is 9.02. The Morgan fingerprint density at radius 1 is 1.46 bits per heavy atom. The van der Waals surface area contributed by atoms with Gasteiger partial charge in [0.1, 0.15) is 5.69 Å². The van der Waals surface area contributed by atoms with Gasteiger partial charge in [0, 0.05) is 9.77 Å². The third-order valence-electron chi connectivity index (χ3n) is 1.49. The van der Waals surface area contributed by atoms with Crippen molar-refractivity contribution in [1.29, 1.82) is 0 Å². The summed E-state index contributed by atoms with van der Waals surface area (Å²) in [5.41, 5.74) is 0.740. The molecule has 0 fully saturated rings. The van der Waals surface area contributed by atoms with E-state index < -0.39 is 0 Å². The number of pyridine rings is 1. The van der Waals surface area contributed by atoms with Crippen LogP contribution in [-0.4, -0.2) is 15.1 Å². The lowest BCUT2D eigenvalue weighted by atomic mass is 10.3. The van der Waals surface area contributed by atoms with E-state index in [1.165, 1.54) is 0 Å². The van der Waals surface area contributed by atoms with Crippen molar-refractivity contribution in [2.75, 3.05) is 0 Å². The molecule has 0 N–H and O–H groups in total. The molecule has 0 aliphatic carbocycles. The topological polar surface area (TPSA) is 51.8 Å². The zero-order valence-electron chi connectivity index (χ0n) is 6.86. The van der Waals surface area contributed by atoms with E-state index in [0.717, 1.165) is 9.26 Å². The summed E-state index contributed by atoms with van der Waals surface area (Å²) in [4.78, 5) is 8.25. The van der Waals surface area contributed by atoms with Crippen LogP contribution in [0.5, 0.6) is 0 Å². The predicted octanol–water partition coefficient (Wildman–Crippen LogP) is 2.04. The Hall–Kier alpha value is -0.980. The third kappa shape index (κ3) is 1.69. The van der Waals surface area contributed by atoms with Crippen molar-refractivity contribution >= 4 is 22.6 Å². The van der Waals surface area contributed by atoms with Gasteiger partial charge in [0.05, 0.1) is 0 Å². The molecule has 2 heterocycles. The van der Waals surface area contributed by atoms with E-state index in [2.05, 4.69) is 37.7 Å². The quantitative estimate of drug-likeness (QED) is 0.753. The van der Waals surface area contributed by atoms with Gasteiger partial charge < -0.3 is 4.52 Å². The van der Waals surface area contributed by atoms with Crippen LogP contribution in [0.3, 0.4) is 0 Å². The second-order valence-electron chi connectivity index (χ2n) is 2.48. The van der Waals surface area contributed by atoms with Crippen LogP contribution in [0.4, 0.5) is 0 Å². The summed E-state index contributed by atoms with van der Waals surface area (Å²) in [7, 11) is 0. The molecule has 0 amide bonds. The highest BCUT2D eigenvalue weighted by Gasteiger charge is 2.10. The van der Waals surface area contributed by atoms with E-state index in [0.29, 0.717) is 11.7 Å². The fourth-order valence-corrected chi connectivity index (χ4v) is 1.51. The van der Waals surface area contributed by atoms with Crippen molar-refractivity contribution in [3.63, 3.8) is 0 Å². The molecule has 5 heteroatoms. The first-order valence-corrected chi connectivity index (χ1v) is 4.76. The smallest absolute Gasteiger partial charge is 0.277 e. The van der Waals surface area contributed by atoms with Gasteiger partial charge in [-0.3, -0.25) is 0 Å². The second kappa shape index (κ2) is 3.41. The summed E-state index contributed by atoms with van der Waals surface area (Å²) in [6.45, 7) is 1.78. The van der Waals surface area contributed by atoms with E-state index >= 15 is 0 Å². The fraction of sp³-hybridized carbons (Fsp3) is 0.125. The van der Waals surface area contributed by atoms with E-state index in [4.69, 9.17) is 4.52 Å². The second-order valence-corrected chi connectivity index (χ2v) is 3.64. The van der Waals surface area contributed by atoms with Crippen LogP contribution in [0.25, 0.3) is 11.6 Å². The van der Waals surface area contributed by atoms with Crippen molar-refractivity contribution < 1.29 is 4.52 Å². The Kier molecular flexibility index (Phi) is 2.26. The molecular weight excluding hydrogens is 281 g/mol. The lowest BCUT2D eigenvalue weighted by Crippen LogP contribution is -1.86. The number of aryl methyl sites for hydroxylation is 1. The molecule has 66 valence electrons. The summed E-state index contributed by atoms with van der Waals surface area (Å²) in [5, 5.41) is 3.70. The summed E-state index contributed by atoms with van der Waals surface area (Å²) in [5.74, 6) is 1.10. The van der Waals surface area contributed by atoms with Gasteiger partial charge in [-0.2, -0.15) is 4.98 Å². The van der Waals surface area contributed by atoms with Crippen LogP contribution in [0.2, 0.25) is 0 Å². The molecule has 0 saturated heterocycles. The number of hydrogen-bond donors (Lipinski definition) is 0. The largest absolute Gasteiger partial charge is 0.332 e. The van der Waals surface area contributed by atoms with E-state index in [1.807, 2.05) is 12.1 Å². The van der Waals surface area contributed by atoms with Gasteiger partial charge in [-0.05, 0) is 41.6 Å². The monoisotopic (exact) mass is 287 g/mol. The highest BCUT2D eigenvalue weighted by molar-refractivity contribution is 14.1. The molecule has 0 aliphatic heterocycles. The van der Waals surface area contributed by atoms with Crippen LogP contribution in [0.15, 0.2) is 22.9 Å². The first kappa shape index (κ1) is 8.61. The molecule has 0 radical (unpaired) electrons. The van der Waals surface area contributed by atoms with Gasteiger partial charge in [-0.1, -0.05) is 5.16 Å². The molecule has 0 bridgehead atoms. The molecule has 0 unspecified atom stereocenters. The maximum Gasteiger partial charge on any atom is 0.277 e. The first-order chi connectivity index (χ1) is 6.27. The first-order valence-electron chi connectivity index (χ1n) is 3.68. The average molecular weight is 287 g/mol. The number of nitrogens with zero attached hydrogens (tertiary/aromatic N) is 3. The Balaban J connectivity index is 2.52. The minimum Gasteiger partial charge on any atom is -0.332 e. The SMILES string of the molecule is Cc1noc(-c2ncccc2I)n1. The third-order valence-corrected chi connectivity index (χ3v) is 2.36. The maximum absolute atomic E-state index is 5.00. The van der Waals surface area contributed by atoms with Crippen LogP contribution in [-0.2, 0) is 0 Å². The van der Waals surface area contributed by atoms with Crippen LogP contribution < -0.4 is 0 Å². The molecule has 0 aromatic carbocycles. The van der Waals surface area contributed by atoms with Crippen molar-refractivity contribution in [1.82, 2.24) is 15.1 Å². The summed E-state index contributed by atoms with van der Waals surface area (Å²) in [6.07, 6.45) is 1.71. The standard InChI is InChI=1S/C8H6IN3O/c1-5-11-8(13-12-5)7-6(9)3-2-4-10-7/h2-4H,1H3. The number of halogens is 1. The van der Waals surface area contributed by atoms with E-state index in [1.54, 1.807) is 13.1 Å². The molecule has 0 atom stereocenters. The summed E-state index contributed by atoms with van der Waals surface area (Å²) >= 11 is 2.18. The number of aromatic nitrogens is 3. The molecule has 2 aromatic heterocycles. The van der Waals surface area contributed by atoms with Gasteiger partial charge in [-0.25, -0.2) is 4.98 Å². The van der Waals surface area contributed by atoms with E-state index in [9.17, 15) is 0 Å². The van der Waals surface area contributed by atoms with Crippen molar-refractivity contribution in [2.45, 2.75) is 6.92 Å². The van der Waals surface area contributed by atoms with Gasteiger partial charge in [0.2, 0.25) is 0 Å². The van der Waals surface area contributed by atoms with Crippen molar-refractivity contribution in [3.05, 3.63) is 27.7 Å². The minimum absolute atomic E-state index is 0.475. The highest BCUT2D eigenvalue weighted by Crippen LogP contribution is 2.19. The van der Waals surface area contributed by atoms with Crippen molar-refractivity contribution in [2.24, 2.45) is 0 Å². The molecule has 0 saturated carbocycles. The summed E-state index contributed by atoms with van der Waals surface area (Å²) in [6, 6.07) is 3.82. The molecule has 2 aromatic rings. The molecule has 4 nitrogen and oxygen atoms in total. The minimum atomic E-state index is 0.475. The molecule has 2 rings (SSSR count). The lowest BCUT2D eigenvalue weighted by molar-refractivity contribution is 0.424. The molecule has 0 spiro atoms. The Morgan fingerprint density at radius 2 is 2.31 bits per heavy atom. The number of hydrogen-bond acceptors (Lipinski definition) is 4. The Morgan fingerprint density at radius 3 is 2.92 bits per heavy atom. The van der Waals surface area contributed by atoms with Gasteiger partial charge in [-0.15, -0.1) is 0 Å². The van der Waals surface area contributed by atoms with Gasteiger partial charge in [0.25, 0.3) is 5.89 Å². The Labute approximate surface area is 88.5 Å². The molecule has 0 aliphatic rings. The van der Waals surface area contributed by atoms with Gasteiger partial charge in [0.15, 0.2) is 5.82 Å². The fourth-order valence-electron chi connectivity index (χ4n) is 0.936. The normalized spacial score (nSPS) is 10.3. The Bertz CT molecular complexity index is 427. The van der Waals surface area contributed by atoms with Gasteiger partial charge >= 0.3 is 0 Å². The summed E-state index contributed by atoms with van der Waals surface area (Å²) < 4.78 is 6.01. The highest BCUT2D eigenvalue weighted by atomic mass is 127. The predicted molar refractivity (Wildman–Crippen MR) is 55.0 cm³/mol. The molecular formula is C8H6IN3O. The molecule has 13 heavy (non-hydrogen) atoms. The number of rotatable bonds is 1. The van der Waals surface area contributed by atoms with Crippen LogP contribution >= 0.6 is 22.6 Å². The zero-order chi connectivity index (χ0) is 9.26. The average Bonchev–Trinajstić information content (AvgIpc) is 2.53. The van der Waals surface area contributed by atoms with Crippen LogP contribution in [0, 0.1) is 10.5 Å².